The Morgan fingerprint density at radius 3 is 2.64 bits per heavy atom. The second-order valence-electron chi connectivity index (χ2n) is 6.46. The molecule has 1 amide bonds. The first-order valence-electron chi connectivity index (χ1n) is 8.62. The van der Waals surface area contributed by atoms with Crippen molar-refractivity contribution in [2.24, 2.45) is 4.99 Å². The van der Waals surface area contributed by atoms with Crippen LogP contribution in [0.5, 0.6) is 11.5 Å². The topological polar surface area (TPSA) is 79.1 Å². The van der Waals surface area contributed by atoms with Crippen LogP contribution in [0.25, 0.3) is 10.2 Å². The van der Waals surface area contributed by atoms with E-state index in [-0.39, 0.29) is 19.2 Å². The largest absolute Gasteiger partial charge is 0.468 e. The van der Waals surface area contributed by atoms with Gasteiger partial charge in [0, 0.05) is 17.7 Å². The van der Waals surface area contributed by atoms with Crippen molar-refractivity contribution in [3.63, 3.8) is 0 Å². The highest BCUT2D eigenvalue weighted by Gasteiger charge is 2.19. The molecule has 0 radical (unpaired) electrons. The zero-order chi connectivity index (χ0) is 19.8. The molecule has 3 aromatic rings. The number of fused-ring (bicyclic) bond motifs is 2. The Balaban J connectivity index is 1.87. The molecule has 0 fully saturated rings. The molecule has 0 aliphatic carbocycles. The summed E-state index contributed by atoms with van der Waals surface area (Å²) in [6.07, 6.45) is 0. The fraction of sp³-hybridized carbons (Fsp3) is 0.250. The monoisotopic (exact) mass is 398 g/mol. The molecule has 0 atom stereocenters. The van der Waals surface area contributed by atoms with Crippen molar-refractivity contribution in [2.75, 3.05) is 13.9 Å². The second kappa shape index (κ2) is 7.12. The minimum atomic E-state index is -0.433. The molecule has 28 heavy (non-hydrogen) atoms. The number of carbonyl (C=O) groups is 2. The summed E-state index contributed by atoms with van der Waals surface area (Å²) in [5.74, 6) is 0.433. The highest BCUT2D eigenvalue weighted by atomic mass is 32.1. The molecule has 1 aliphatic heterocycles. The van der Waals surface area contributed by atoms with Gasteiger partial charge in [0.15, 0.2) is 16.3 Å². The van der Waals surface area contributed by atoms with E-state index in [1.54, 1.807) is 16.7 Å². The second-order valence-corrected chi connectivity index (χ2v) is 7.46. The fourth-order valence-corrected chi connectivity index (χ4v) is 4.13. The number of benzene rings is 2. The quantitative estimate of drug-likeness (QED) is 0.634. The van der Waals surface area contributed by atoms with Gasteiger partial charge in [0.2, 0.25) is 6.79 Å². The maximum absolute atomic E-state index is 12.8. The van der Waals surface area contributed by atoms with E-state index in [1.807, 2.05) is 32.0 Å². The molecule has 7 nitrogen and oxygen atoms in total. The predicted molar refractivity (Wildman–Crippen MR) is 104 cm³/mol. The predicted octanol–water partition coefficient (Wildman–Crippen LogP) is 2.96. The van der Waals surface area contributed by atoms with E-state index < -0.39 is 5.97 Å². The Morgan fingerprint density at radius 1 is 1.18 bits per heavy atom. The maximum Gasteiger partial charge on any atom is 0.325 e. The van der Waals surface area contributed by atoms with Gasteiger partial charge in [-0.15, -0.1) is 0 Å². The number of carbonyl (C=O) groups excluding carboxylic acids is 2. The van der Waals surface area contributed by atoms with E-state index in [2.05, 4.69) is 4.99 Å². The number of amides is 1. The van der Waals surface area contributed by atoms with Crippen molar-refractivity contribution < 1.29 is 23.8 Å². The minimum Gasteiger partial charge on any atom is -0.468 e. The van der Waals surface area contributed by atoms with Crippen molar-refractivity contribution in [1.29, 1.82) is 0 Å². The maximum atomic E-state index is 12.8. The Morgan fingerprint density at radius 2 is 1.93 bits per heavy atom. The molecule has 8 heteroatoms. The zero-order valence-corrected chi connectivity index (χ0v) is 16.5. The lowest BCUT2D eigenvalue weighted by Gasteiger charge is -2.05. The molecule has 1 aliphatic rings. The highest BCUT2D eigenvalue weighted by Crippen LogP contribution is 2.37. The number of thiazole rings is 1. The normalized spacial score (nSPS) is 13.2. The van der Waals surface area contributed by atoms with Crippen LogP contribution in [0.4, 0.5) is 0 Å². The first kappa shape index (κ1) is 18.2. The molecule has 4 rings (SSSR count). The molecular formula is C20H18N2O5S. The van der Waals surface area contributed by atoms with Crippen LogP contribution in [0.2, 0.25) is 0 Å². The van der Waals surface area contributed by atoms with Gasteiger partial charge in [0.05, 0.1) is 17.3 Å². The Bertz CT molecular complexity index is 1180. The lowest BCUT2D eigenvalue weighted by molar-refractivity contribution is -0.141. The van der Waals surface area contributed by atoms with Gasteiger partial charge < -0.3 is 18.8 Å². The van der Waals surface area contributed by atoms with E-state index in [9.17, 15) is 9.59 Å². The van der Waals surface area contributed by atoms with Gasteiger partial charge in [-0.2, -0.15) is 4.99 Å². The first-order chi connectivity index (χ1) is 13.5. The number of hydrogen-bond donors (Lipinski definition) is 0. The number of ether oxygens (including phenoxy) is 3. The van der Waals surface area contributed by atoms with E-state index in [4.69, 9.17) is 14.2 Å². The minimum absolute atomic E-state index is 0.0604. The molecule has 144 valence electrons. The van der Waals surface area contributed by atoms with Crippen LogP contribution >= 0.6 is 11.3 Å². The van der Waals surface area contributed by atoms with E-state index in [0.717, 1.165) is 21.3 Å². The molecule has 0 bridgehead atoms. The van der Waals surface area contributed by atoms with Crippen LogP contribution in [0, 0.1) is 13.8 Å². The van der Waals surface area contributed by atoms with Gasteiger partial charge in [0.25, 0.3) is 5.91 Å². The SMILES string of the molecule is COC(=O)Cn1c(=NC(=O)c2ccc(C)cc2C)sc2cc3c(cc21)OCO3. The molecule has 1 aromatic heterocycles. The molecule has 0 spiro atoms. The molecule has 2 heterocycles. The van der Waals surface area contributed by atoms with Crippen molar-refractivity contribution >= 4 is 33.4 Å². The van der Waals surface area contributed by atoms with Gasteiger partial charge >= 0.3 is 5.97 Å². The van der Waals surface area contributed by atoms with Crippen molar-refractivity contribution in [3.05, 3.63) is 51.8 Å². The van der Waals surface area contributed by atoms with E-state index in [1.165, 1.54) is 18.4 Å². The summed E-state index contributed by atoms with van der Waals surface area (Å²) in [5.41, 5.74) is 3.19. The number of aromatic nitrogens is 1. The number of methoxy groups -OCH3 is 1. The lowest BCUT2D eigenvalue weighted by atomic mass is 10.1. The number of aryl methyl sites for hydroxylation is 2. The molecule has 0 saturated heterocycles. The summed E-state index contributed by atoms with van der Waals surface area (Å²) in [6, 6.07) is 9.21. The third kappa shape index (κ3) is 3.27. The average Bonchev–Trinajstić information content (AvgIpc) is 3.24. The van der Waals surface area contributed by atoms with Crippen molar-refractivity contribution in [2.45, 2.75) is 20.4 Å². The van der Waals surface area contributed by atoms with Crippen LogP contribution in [-0.2, 0) is 16.1 Å². The molecular weight excluding hydrogens is 380 g/mol. The first-order valence-corrected chi connectivity index (χ1v) is 9.44. The van der Waals surface area contributed by atoms with Crippen LogP contribution in [0.1, 0.15) is 21.5 Å². The highest BCUT2D eigenvalue weighted by molar-refractivity contribution is 7.16. The standard InChI is InChI=1S/C20H18N2O5S/c1-11-4-5-13(12(2)6-11)19(24)21-20-22(9-18(23)25-3)14-7-15-16(27-10-26-15)8-17(14)28-20/h4-8H,9-10H2,1-3H3. The third-order valence-electron chi connectivity index (χ3n) is 4.50. The number of rotatable bonds is 3. The van der Waals surface area contributed by atoms with Gasteiger partial charge in [-0.25, -0.2) is 0 Å². The van der Waals surface area contributed by atoms with Crippen molar-refractivity contribution in [1.82, 2.24) is 4.57 Å². The third-order valence-corrected chi connectivity index (χ3v) is 5.54. The number of hydrogen-bond acceptors (Lipinski definition) is 6. The van der Waals surface area contributed by atoms with Gasteiger partial charge in [0.1, 0.15) is 6.54 Å². The lowest BCUT2D eigenvalue weighted by Crippen LogP contribution is -2.22. The summed E-state index contributed by atoms with van der Waals surface area (Å²) in [5, 5.41) is 0. The van der Waals surface area contributed by atoms with Gasteiger partial charge in [-0.3, -0.25) is 9.59 Å². The Hall–Kier alpha value is -3.13. The average molecular weight is 398 g/mol. The van der Waals surface area contributed by atoms with E-state index >= 15 is 0 Å². The molecule has 0 N–H and O–H groups in total. The Labute approximate surface area is 164 Å². The number of esters is 1. The van der Waals surface area contributed by atoms with Crippen LogP contribution in [0.15, 0.2) is 35.3 Å². The summed E-state index contributed by atoms with van der Waals surface area (Å²) in [6.45, 7) is 3.95. The summed E-state index contributed by atoms with van der Waals surface area (Å²) in [7, 11) is 1.32. The number of nitrogens with zero attached hydrogens (tertiary/aromatic N) is 2. The van der Waals surface area contributed by atoms with Gasteiger partial charge in [-0.05, 0) is 25.5 Å². The van der Waals surface area contributed by atoms with Gasteiger partial charge in [-0.1, -0.05) is 29.0 Å². The molecule has 2 aromatic carbocycles. The zero-order valence-electron chi connectivity index (χ0n) is 15.6. The smallest absolute Gasteiger partial charge is 0.325 e. The fourth-order valence-electron chi connectivity index (χ4n) is 3.09. The summed E-state index contributed by atoms with van der Waals surface area (Å²) < 4.78 is 18.2. The molecule has 0 saturated carbocycles. The summed E-state index contributed by atoms with van der Waals surface area (Å²) in [4.78, 5) is 29.4. The van der Waals surface area contributed by atoms with Crippen molar-refractivity contribution in [3.8, 4) is 11.5 Å². The van der Waals surface area contributed by atoms with Crippen LogP contribution in [0.3, 0.4) is 0 Å². The Kier molecular flexibility index (Phi) is 4.64. The van der Waals surface area contributed by atoms with E-state index in [0.29, 0.717) is 21.9 Å². The van der Waals surface area contributed by atoms with Crippen LogP contribution < -0.4 is 14.3 Å². The summed E-state index contributed by atoms with van der Waals surface area (Å²) >= 11 is 1.31. The van der Waals surface area contributed by atoms with Crippen LogP contribution in [-0.4, -0.2) is 30.3 Å². The molecule has 0 unspecified atom stereocenters.